The molecule has 158 valence electrons. The summed E-state index contributed by atoms with van der Waals surface area (Å²) in [7, 11) is 0. The first-order valence-electron chi connectivity index (χ1n) is 10.1. The van der Waals surface area contributed by atoms with Crippen molar-refractivity contribution >= 4 is 22.9 Å². The molecule has 1 fully saturated rings. The Bertz CT molecular complexity index is 1040. The third-order valence-electron chi connectivity index (χ3n) is 5.11. The summed E-state index contributed by atoms with van der Waals surface area (Å²) < 4.78 is 14.4. The lowest BCUT2D eigenvalue weighted by Gasteiger charge is -2.31. The average molecular weight is 412 g/mol. The van der Waals surface area contributed by atoms with E-state index in [1.165, 1.54) is 12.5 Å². The fourth-order valence-electron chi connectivity index (χ4n) is 3.78. The number of carbonyl (C=O) groups excluding carboxylic acids is 1. The standard InChI is InChI=1S/C20H25FN8O/c1-11(2)26-20(30)28-13-5-3-4-12(6-13)27-19-16(21)9-24-18(29-19)15-8-23-17-14(15)7-22-10-25-17/h7-13H,3-6H2,1-2H3,(H,22,23,25)(H,24,27,29)(H2,26,28,30)/t12-,13+/m1/s1. The molecule has 1 aliphatic carbocycles. The molecule has 3 aromatic rings. The van der Waals surface area contributed by atoms with Crippen LogP contribution >= 0.6 is 0 Å². The molecule has 1 saturated carbocycles. The van der Waals surface area contributed by atoms with Crippen LogP contribution in [0.5, 0.6) is 0 Å². The number of carbonyl (C=O) groups is 1. The van der Waals surface area contributed by atoms with E-state index in [9.17, 15) is 9.18 Å². The van der Waals surface area contributed by atoms with Crippen molar-refractivity contribution in [2.75, 3.05) is 5.32 Å². The Kier molecular flexibility index (Phi) is 5.73. The number of aromatic amines is 1. The van der Waals surface area contributed by atoms with E-state index in [-0.39, 0.29) is 30.0 Å². The molecule has 2 atom stereocenters. The highest BCUT2D eigenvalue weighted by Gasteiger charge is 2.25. The van der Waals surface area contributed by atoms with Crippen molar-refractivity contribution in [2.24, 2.45) is 0 Å². The zero-order valence-electron chi connectivity index (χ0n) is 16.9. The number of hydrogen-bond donors (Lipinski definition) is 4. The highest BCUT2D eigenvalue weighted by atomic mass is 19.1. The third-order valence-corrected chi connectivity index (χ3v) is 5.11. The molecule has 10 heteroatoms. The molecule has 3 heterocycles. The molecule has 0 aromatic carbocycles. The molecule has 30 heavy (non-hydrogen) atoms. The van der Waals surface area contributed by atoms with Crippen molar-refractivity contribution in [1.82, 2.24) is 35.6 Å². The van der Waals surface area contributed by atoms with Crippen LogP contribution in [-0.2, 0) is 0 Å². The van der Waals surface area contributed by atoms with Gasteiger partial charge in [0.15, 0.2) is 17.5 Å². The van der Waals surface area contributed by atoms with Gasteiger partial charge >= 0.3 is 6.03 Å². The Morgan fingerprint density at radius 3 is 2.90 bits per heavy atom. The zero-order chi connectivity index (χ0) is 21.1. The summed E-state index contributed by atoms with van der Waals surface area (Å²) in [5.74, 6) is 0.0349. The van der Waals surface area contributed by atoms with Gasteiger partial charge in [0, 0.05) is 41.5 Å². The van der Waals surface area contributed by atoms with Crippen LogP contribution in [0, 0.1) is 5.82 Å². The number of aromatic nitrogens is 5. The van der Waals surface area contributed by atoms with E-state index in [1.807, 2.05) is 13.8 Å². The minimum absolute atomic E-state index is 0.00616. The van der Waals surface area contributed by atoms with Gasteiger partial charge in [-0.3, -0.25) is 0 Å². The summed E-state index contributed by atoms with van der Waals surface area (Å²) in [6, 6.07) is -0.0598. The molecular weight excluding hydrogens is 387 g/mol. The van der Waals surface area contributed by atoms with E-state index in [4.69, 9.17) is 0 Å². The van der Waals surface area contributed by atoms with E-state index in [2.05, 4.69) is 40.9 Å². The molecule has 4 N–H and O–H groups in total. The van der Waals surface area contributed by atoms with E-state index in [0.717, 1.165) is 24.6 Å². The maximum atomic E-state index is 14.4. The maximum absolute atomic E-state index is 14.4. The number of nitrogens with zero attached hydrogens (tertiary/aromatic N) is 4. The van der Waals surface area contributed by atoms with Crippen LogP contribution in [0.1, 0.15) is 39.5 Å². The molecule has 0 spiro atoms. The number of rotatable bonds is 5. The second-order valence-corrected chi connectivity index (χ2v) is 7.85. The summed E-state index contributed by atoms with van der Waals surface area (Å²) >= 11 is 0. The van der Waals surface area contributed by atoms with Gasteiger partial charge in [-0.2, -0.15) is 0 Å². The molecule has 1 aliphatic rings. The Hall–Kier alpha value is -3.30. The predicted molar refractivity (Wildman–Crippen MR) is 111 cm³/mol. The van der Waals surface area contributed by atoms with E-state index in [1.54, 1.807) is 12.4 Å². The molecule has 0 saturated heterocycles. The highest BCUT2D eigenvalue weighted by molar-refractivity contribution is 5.90. The monoisotopic (exact) mass is 412 g/mol. The molecule has 0 radical (unpaired) electrons. The van der Waals surface area contributed by atoms with Crippen molar-refractivity contribution < 1.29 is 9.18 Å². The zero-order valence-corrected chi connectivity index (χ0v) is 16.9. The summed E-state index contributed by atoms with van der Waals surface area (Å²) in [5, 5.41) is 9.81. The lowest BCUT2D eigenvalue weighted by molar-refractivity contribution is 0.229. The molecule has 3 aromatic heterocycles. The molecule has 9 nitrogen and oxygen atoms in total. The Balaban J connectivity index is 1.48. The Morgan fingerprint density at radius 1 is 1.23 bits per heavy atom. The fourth-order valence-corrected chi connectivity index (χ4v) is 3.78. The van der Waals surface area contributed by atoms with Gasteiger partial charge in [-0.1, -0.05) is 0 Å². The Labute approximate surface area is 173 Å². The summed E-state index contributed by atoms with van der Waals surface area (Å²) in [6.45, 7) is 3.83. The van der Waals surface area contributed by atoms with Gasteiger partial charge in [0.2, 0.25) is 0 Å². The van der Waals surface area contributed by atoms with Gasteiger partial charge in [0.25, 0.3) is 0 Å². The van der Waals surface area contributed by atoms with Crippen molar-refractivity contribution in [1.29, 1.82) is 0 Å². The van der Waals surface area contributed by atoms with E-state index >= 15 is 0 Å². The summed E-state index contributed by atoms with van der Waals surface area (Å²) in [4.78, 5) is 31.8. The molecule has 2 amide bonds. The van der Waals surface area contributed by atoms with E-state index in [0.29, 0.717) is 23.5 Å². The number of fused-ring (bicyclic) bond motifs is 1. The van der Waals surface area contributed by atoms with Crippen molar-refractivity contribution in [3.05, 3.63) is 30.7 Å². The smallest absolute Gasteiger partial charge is 0.315 e. The van der Waals surface area contributed by atoms with Crippen LogP contribution < -0.4 is 16.0 Å². The quantitative estimate of drug-likeness (QED) is 0.511. The van der Waals surface area contributed by atoms with Crippen LogP contribution in [0.3, 0.4) is 0 Å². The lowest BCUT2D eigenvalue weighted by Crippen LogP contribution is -2.47. The topological polar surface area (TPSA) is 121 Å². The van der Waals surface area contributed by atoms with Crippen LogP contribution in [0.4, 0.5) is 15.0 Å². The van der Waals surface area contributed by atoms with Crippen LogP contribution in [0.15, 0.2) is 24.9 Å². The second-order valence-electron chi connectivity index (χ2n) is 7.85. The molecule has 0 bridgehead atoms. The third kappa shape index (κ3) is 4.47. The molecule has 0 aliphatic heterocycles. The van der Waals surface area contributed by atoms with E-state index < -0.39 is 5.82 Å². The van der Waals surface area contributed by atoms with Gasteiger partial charge < -0.3 is 20.9 Å². The number of urea groups is 1. The van der Waals surface area contributed by atoms with Gasteiger partial charge in [-0.15, -0.1) is 0 Å². The number of H-pyrrole nitrogens is 1. The Morgan fingerprint density at radius 2 is 2.07 bits per heavy atom. The largest absolute Gasteiger partial charge is 0.365 e. The fraction of sp³-hybridized carbons (Fsp3) is 0.450. The molecule has 4 rings (SSSR count). The normalized spacial score (nSPS) is 19.1. The molecular formula is C20H25FN8O. The minimum atomic E-state index is -0.512. The second kappa shape index (κ2) is 8.60. The first-order chi connectivity index (χ1) is 14.5. The minimum Gasteiger partial charge on any atom is -0.365 e. The van der Waals surface area contributed by atoms with Crippen molar-refractivity contribution in [2.45, 2.75) is 57.7 Å². The van der Waals surface area contributed by atoms with Gasteiger partial charge in [0.1, 0.15) is 12.0 Å². The first-order valence-corrected chi connectivity index (χ1v) is 10.1. The maximum Gasteiger partial charge on any atom is 0.315 e. The first kappa shape index (κ1) is 20.0. The van der Waals surface area contributed by atoms with Gasteiger partial charge in [-0.05, 0) is 39.5 Å². The summed E-state index contributed by atoms with van der Waals surface area (Å²) in [5.41, 5.74) is 1.38. The van der Waals surface area contributed by atoms with Crippen molar-refractivity contribution in [3.8, 4) is 11.4 Å². The average Bonchev–Trinajstić information content (AvgIpc) is 3.13. The van der Waals surface area contributed by atoms with Crippen LogP contribution in [0.2, 0.25) is 0 Å². The number of nitrogens with one attached hydrogen (secondary N) is 4. The van der Waals surface area contributed by atoms with Crippen molar-refractivity contribution in [3.63, 3.8) is 0 Å². The molecule has 0 unspecified atom stereocenters. The number of hydrogen-bond acceptors (Lipinski definition) is 6. The number of anilines is 1. The van der Waals surface area contributed by atoms with Gasteiger partial charge in [-0.25, -0.2) is 29.1 Å². The summed E-state index contributed by atoms with van der Waals surface area (Å²) in [6.07, 6.45) is 9.45. The van der Waals surface area contributed by atoms with Gasteiger partial charge in [0.05, 0.1) is 6.20 Å². The predicted octanol–water partition coefficient (Wildman–Crippen LogP) is 2.98. The number of amides is 2. The SMILES string of the molecule is CC(C)NC(=O)N[C@H]1CCC[C@@H](Nc2nc(-c3c[nH]c4ncncc34)ncc2F)C1. The lowest BCUT2D eigenvalue weighted by atomic mass is 9.91. The highest BCUT2D eigenvalue weighted by Crippen LogP contribution is 2.27. The number of halogens is 1. The van der Waals surface area contributed by atoms with Crippen LogP contribution in [-0.4, -0.2) is 49.1 Å². The van der Waals surface area contributed by atoms with Crippen LogP contribution in [0.25, 0.3) is 22.4 Å².